The molecule has 0 unspecified atom stereocenters. The molecule has 0 aliphatic carbocycles. The average molecular weight is 299 g/mol. The molecule has 1 heterocycles. The normalized spacial score (nSPS) is 11.2. The molecular formula is C12H8F3N3O3. The summed E-state index contributed by atoms with van der Waals surface area (Å²) in [7, 11) is 0. The van der Waals surface area contributed by atoms with Crippen molar-refractivity contribution in [1.82, 2.24) is 4.98 Å². The van der Waals surface area contributed by atoms with Gasteiger partial charge in [-0.05, 0) is 17.7 Å². The first kappa shape index (κ1) is 14.6. The van der Waals surface area contributed by atoms with Crippen molar-refractivity contribution in [2.45, 2.75) is 6.36 Å². The molecule has 1 aromatic carbocycles. The van der Waals surface area contributed by atoms with Crippen LogP contribution in [0.1, 0.15) is 0 Å². The zero-order valence-corrected chi connectivity index (χ0v) is 10.3. The molecule has 0 spiro atoms. The van der Waals surface area contributed by atoms with E-state index in [0.29, 0.717) is 5.56 Å². The summed E-state index contributed by atoms with van der Waals surface area (Å²) in [4.78, 5) is 13.7. The third kappa shape index (κ3) is 3.59. The maximum Gasteiger partial charge on any atom is 0.573 e. The number of hydrogen-bond donors (Lipinski definition) is 1. The molecule has 2 aromatic rings. The number of nitro groups is 1. The minimum absolute atomic E-state index is 0.0325. The van der Waals surface area contributed by atoms with E-state index in [9.17, 15) is 23.3 Å². The lowest BCUT2D eigenvalue weighted by atomic mass is 10.1. The van der Waals surface area contributed by atoms with Crippen LogP contribution in [0.4, 0.5) is 24.7 Å². The maximum atomic E-state index is 12.0. The summed E-state index contributed by atoms with van der Waals surface area (Å²) in [6.07, 6.45) is -3.78. The first-order valence-corrected chi connectivity index (χ1v) is 5.52. The standard InChI is InChI=1S/C12H8F3N3O3/c13-12(14,15)21-9-3-1-7(2-4-9)10-5-8(18(19)20)6-17-11(10)16/h1-6H,(H2,16,17). The van der Waals surface area contributed by atoms with Crippen LogP contribution in [0.3, 0.4) is 0 Å². The summed E-state index contributed by atoms with van der Waals surface area (Å²) in [6, 6.07) is 5.97. The van der Waals surface area contributed by atoms with Crippen molar-refractivity contribution >= 4 is 11.5 Å². The number of nitrogens with two attached hydrogens (primary N) is 1. The number of nitrogens with zero attached hydrogens (tertiary/aromatic N) is 2. The van der Waals surface area contributed by atoms with Crippen molar-refractivity contribution in [3.8, 4) is 16.9 Å². The van der Waals surface area contributed by atoms with E-state index >= 15 is 0 Å². The Labute approximate surface area is 116 Å². The topological polar surface area (TPSA) is 91.3 Å². The van der Waals surface area contributed by atoms with E-state index in [2.05, 4.69) is 9.72 Å². The first-order valence-electron chi connectivity index (χ1n) is 5.52. The third-order valence-electron chi connectivity index (χ3n) is 2.51. The van der Waals surface area contributed by atoms with Crippen molar-refractivity contribution in [2.24, 2.45) is 0 Å². The number of anilines is 1. The maximum absolute atomic E-state index is 12.0. The van der Waals surface area contributed by atoms with Crippen molar-refractivity contribution < 1.29 is 22.8 Å². The van der Waals surface area contributed by atoms with Crippen LogP contribution in [0.15, 0.2) is 36.5 Å². The lowest BCUT2D eigenvalue weighted by Crippen LogP contribution is -2.16. The first-order chi connectivity index (χ1) is 9.76. The number of pyridine rings is 1. The molecule has 0 aliphatic heterocycles. The fourth-order valence-corrected chi connectivity index (χ4v) is 1.63. The second-order valence-corrected chi connectivity index (χ2v) is 3.96. The lowest BCUT2D eigenvalue weighted by Gasteiger charge is -2.10. The van der Waals surface area contributed by atoms with Crippen LogP contribution in [0.2, 0.25) is 0 Å². The molecule has 1 aromatic heterocycles. The van der Waals surface area contributed by atoms with Gasteiger partial charge in [-0.2, -0.15) is 0 Å². The molecular weight excluding hydrogens is 291 g/mol. The van der Waals surface area contributed by atoms with Crippen LogP contribution in [0.5, 0.6) is 5.75 Å². The molecule has 0 bridgehead atoms. The summed E-state index contributed by atoms with van der Waals surface area (Å²) in [5.74, 6) is -0.367. The van der Waals surface area contributed by atoms with E-state index < -0.39 is 17.0 Å². The highest BCUT2D eigenvalue weighted by Crippen LogP contribution is 2.30. The summed E-state index contributed by atoms with van der Waals surface area (Å²) in [5, 5.41) is 10.7. The number of hydrogen-bond acceptors (Lipinski definition) is 5. The zero-order chi connectivity index (χ0) is 15.6. The van der Waals surface area contributed by atoms with E-state index in [0.717, 1.165) is 18.3 Å². The van der Waals surface area contributed by atoms with Gasteiger partial charge in [-0.15, -0.1) is 13.2 Å². The highest BCUT2D eigenvalue weighted by atomic mass is 19.4. The molecule has 0 saturated heterocycles. The van der Waals surface area contributed by atoms with E-state index in [-0.39, 0.29) is 17.1 Å². The second-order valence-electron chi connectivity index (χ2n) is 3.96. The molecule has 0 radical (unpaired) electrons. The van der Waals surface area contributed by atoms with Gasteiger partial charge in [0, 0.05) is 11.6 Å². The molecule has 2 N–H and O–H groups in total. The molecule has 2 rings (SSSR count). The number of nitrogen functional groups attached to an aromatic ring is 1. The predicted octanol–water partition coefficient (Wildman–Crippen LogP) is 3.14. The van der Waals surface area contributed by atoms with Gasteiger partial charge in [-0.25, -0.2) is 4.98 Å². The highest BCUT2D eigenvalue weighted by Gasteiger charge is 2.31. The molecule has 9 heteroatoms. The number of alkyl halides is 3. The highest BCUT2D eigenvalue weighted by molar-refractivity contribution is 5.75. The zero-order valence-electron chi connectivity index (χ0n) is 10.3. The molecule has 0 saturated carbocycles. The van der Waals surface area contributed by atoms with Crippen LogP contribution < -0.4 is 10.5 Å². The Hall–Kier alpha value is -2.84. The van der Waals surface area contributed by atoms with Gasteiger partial charge in [0.1, 0.15) is 17.8 Å². The SMILES string of the molecule is Nc1ncc([N+](=O)[O-])cc1-c1ccc(OC(F)(F)F)cc1. The smallest absolute Gasteiger partial charge is 0.406 e. The van der Waals surface area contributed by atoms with Crippen LogP contribution in [-0.2, 0) is 0 Å². The molecule has 0 aliphatic rings. The van der Waals surface area contributed by atoms with Gasteiger partial charge >= 0.3 is 6.36 Å². The van der Waals surface area contributed by atoms with Crippen LogP contribution in [0, 0.1) is 10.1 Å². The van der Waals surface area contributed by atoms with Gasteiger partial charge in [-0.3, -0.25) is 10.1 Å². The number of halogens is 3. The van der Waals surface area contributed by atoms with E-state index in [4.69, 9.17) is 5.73 Å². The van der Waals surface area contributed by atoms with Gasteiger partial charge in [0.15, 0.2) is 0 Å². The van der Waals surface area contributed by atoms with Gasteiger partial charge in [-0.1, -0.05) is 12.1 Å². The fraction of sp³-hybridized carbons (Fsp3) is 0.0833. The van der Waals surface area contributed by atoms with Crippen LogP contribution >= 0.6 is 0 Å². The Balaban J connectivity index is 2.34. The van der Waals surface area contributed by atoms with Crippen molar-refractivity contribution in [3.05, 3.63) is 46.6 Å². The van der Waals surface area contributed by atoms with E-state index in [1.807, 2.05) is 0 Å². The largest absolute Gasteiger partial charge is 0.573 e. The Morgan fingerprint density at radius 3 is 2.38 bits per heavy atom. The number of aromatic nitrogens is 1. The number of benzene rings is 1. The van der Waals surface area contributed by atoms with Gasteiger partial charge in [0.2, 0.25) is 0 Å². The van der Waals surface area contributed by atoms with Gasteiger partial charge in [0.25, 0.3) is 5.69 Å². The Kier molecular flexibility index (Phi) is 3.66. The summed E-state index contributed by atoms with van der Waals surface area (Å²) in [6.45, 7) is 0. The number of ether oxygens (including phenoxy) is 1. The number of rotatable bonds is 3. The third-order valence-corrected chi connectivity index (χ3v) is 2.51. The fourth-order valence-electron chi connectivity index (χ4n) is 1.63. The Morgan fingerprint density at radius 2 is 1.86 bits per heavy atom. The molecule has 6 nitrogen and oxygen atoms in total. The van der Waals surface area contributed by atoms with Crippen molar-refractivity contribution in [1.29, 1.82) is 0 Å². The summed E-state index contributed by atoms with van der Waals surface area (Å²) >= 11 is 0. The molecule has 0 fully saturated rings. The van der Waals surface area contributed by atoms with E-state index in [1.54, 1.807) is 0 Å². The minimum Gasteiger partial charge on any atom is -0.406 e. The average Bonchev–Trinajstić information content (AvgIpc) is 2.38. The second kappa shape index (κ2) is 5.27. The molecule has 21 heavy (non-hydrogen) atoms. The van der Waals surface area contributed by atoms with Crippen LogP contribution in [-0.4, -0.2) is 16.3 Å². The monoisotopic (exact) mass is 299 g/mol. The molecule has 0 amide bonds. The molecule has 0 atom stereocenters. The Bertz CT molecular complexity index is 672. The van der Waals surface area contributed by atoms with Gasteiger partial charge in [0.05, 0.1) is 4.92 Å². The van der Waals surface area contributed by atoms with Crippen molar-refractivity contribution in [2.75, 3.05) is 5.73 Å². The van der Waals surface area contributed by atoms with Gasteiger partial charge < -0.3 is 10.5 Å². The lowest BCUT2D eigenvalue weighted by molar-refractivity contribution is -0.385. The van der Waals surface area contributed by atoms with E-state index in [1.165, 1.54) is 18.2 Å². The summed E-state index contributed by atoms with van der Waals surface area (Å²) in [5.41, 5.74) is 5.99. The van der Waals surface area contributed by atoms with Crippen LogP contribution in [0.25, 0.3) is 11.1 Å². The quantitative estimate of drug-likeness (QED) is 0.694. The summed E-state index contributed by atoms with van der Waals surface area (Å²) < 4.78 is 39.9. The minimum atomic E-state index is -4.78. The van der Waals surface area contributed by atoms with Crippen molar-refractivity contribution in [3.63, 3.8) is 0 Å². The predicted molar refractivity (Wildman–Crippen MR) is 67.4 cm³/mol. The molecule has 110 valence electrons. The Morgan fingerprint density at radius 1 is 1.24 bits per heavy atom.